The average molecular weight is 279 g/mol. The molecule has 0 fully saturated rings. The second-order valence-corrected chi connectivity index (χ2v) is 3.49. The van der Waals surface area contributed by atoms with Gasteiger partial charge >= 0.3 is 0 Å². The summed E-state index contributed by atoms with van der Waals surface area (Å²) in [5, 5.41) is 10.9. The molecule has 1 N–H and O–H groups in total. The third kappa shape index (κ3) is 16.4. The van der Waals surface area contributed by atoms with Gasteiger partial charge in [0.05, 0.1) is 17.6 Å². The third-order valence-electron chi connectivity index (χ3n) is 1.85. The topological polar surface area (TPSA) is 37.8 Å². The van der Waals surface area contributed by atoms with Crippen LogP contribution in [0.15, 0.2) is 37.1 Å². The van der Waals surface area contributed by atoms with Gasteiger partial charge in [-0.05, 0) is 19.4 Å². The number of nitrogens with zero attached hydrogens (tertiary/aromatic N) is 2. The van der Waals surface area contributed by atoms with Crippen molar-refractivity contribution in [2.75, 3.05) is 12.4 Å². The molecule has 0 saturated heterocycles. The van der Waals surface area contributed by atoms with Crippen LogP contribution < -0.4 is 5.32 Å². The fraction of sp³-hybridized carbons (Fsp3) is 0.529. The van der Waals surface area contributed by atoms with Crippen molar-refractivity contribution in [2.24, 2.45) is 0 Å². The zero-order valence-electron chi connectivity index (χ0n) is 14.5. The van der Waals surface area contributed by atoms with E-state index in [1.54, 1.807) is 12.3 Å². The summed E-state index contributed by atoms with van der Waals surface area (Å²) in [5.41, 5.74) is 3.10. The highest BCUT2D eigenvalue weighted by molar-refractivity contribution is 5.39. The first-order valence-corrected chi connectivity index (χ1v) is 7.41. The van der Waals surface area contributed by atoms with Gasteiger partial charge in [-0.15, -0.1) is 0 Å². The normalized spacial score (nSPS) is 7.55. The maximum Gasteiger partial charge on any atom is 0.0727 e. The fourth-order valence-electron chi connectivity index (χ4n) is 0.926. The van der Waals surface area contributed by atoms with Crippen molar-refractivity contribution in [1.29, 1.82) is 0 Å². The molecule has 3 nitrogen and oxygen atoms in total. The summed E-state index contributed by atoms with van der Waals surface area (Å²) in [4.78, 5) is 0. The van der Waals surface area contributed by atoms with E-state index in [1.807, 2.05) is 47.7 Å². The number of hydrogen-bond donors (Lipinski definition) is 1. The van der Waals surface area contributed by atoms with E-state index in [1.165, 1.54) is 0 Å². The molecule has 0 aliphatic rings. The highest BCUT2D eigenvalue weighted by Crippen LogP contribution is 2.05. The molecule has 0 amide bonds. The number of aromatic nitrogens is 2. The van der Waals surface area contributed by atoms with Crippen LogP contribution in [-0.2, 0) is 6.42 Å². The molecule has 3 heteroatoms. The molecule has 0 unspecified atom stereocenters. The molecule has 116 valence electrons. The summed E-state index contributed by atoms with van der Waals surface area (Å²) >= 11 is 0. The number of hydrogen-bond acceptors (Lipinski definition) is 3. The Morgan fingerprint density at radius 1 is 1.30 bits per heavy atom. The minimum atomic E-state index is 1.00. The Morgan fingerprint density at radius 3 is 2.15 bits per heavy atom. The van der Waals surface area contributed by atoms with Crippen LogP contribution in [0.2, 0.25) is 0 Å². The van der Waals surface area contributed by atoms with Crippen molar-refractivity contribution >= 4 is 5.69 Å². The second-order valence-electron chi connectivity index (χ2n) is 3.49. The maximum absolute atomic E-state index is 3.99. The molecule has 0 bridgehead atoms. The van der Waals surface area contributed by atoms with Crippen LogP contribution in [0.5, 0.6) is 0 Å². The highest BCUT2D eigenvalue weighted by atomic mass is 15.1. The zero-order chi connectivity index (χ0) is 16.4. The average Bonchev–Trinajstić information content (AvgIpc) is 2.52. The van der Waals surface area contributed by atoms with Gasteiger partial charge in [0, 0.05) is 7.05 Å². The Hall–Kier alpha value is -1.64. The van der Waals surface area contributed by atoms with Gasteiger partial charge in [0.25, 0.3) is 0 Å². The van der Waals surface area contributed by atoms with E-state index in [9.17, 15) is 0 Å². The molecular formula is C17H33N3. The largest absolute Gasteiger partial charge is 0.387 e. The van der Waals surface area contributed by atoms with Crippen molar-refractivity contribution in [3.63, 3.8) is 0 Å². The first-order valence-electron chi connectivity index (χ1n) is 7.41. The van der Waals surface area contributed by atoms with Gasteiger partial charge in [0.15, 0.2) is 0 Å². The van der Waals surface area contributed by atoms with Gasteiger partial charge in [0.1, 0.15) is 0 Å². The number of allylic oxidation sites excluding steroid dienone is 2. The molecule has 1 rings (SSSR count). The lowest BCUT2D eigenvalue weighted by Gasteiger charge is -2.00. The lowest BCUT2D eigenvalue weighted by Crippen LogP contribution is -1.95. The van der Waals surface area contributed by atoms with Crippen LogP contribution >= 0.6 is 0 Å². The van der Waals surface area contributed by atoms with Crippen LogP contribution in [0.1, 0.15) is 53.7 Å². The quantitative estimate of drug-likeness (QED) is 0.763. The first-order chi connectivity index (χ1) is 9.63. The Morgan fingerprint density at radius 2 is 1.80 bits per heavy atom. The molecule has 1 heterocycles. The lowest BCUT2D eigenvalue weighted by atomic mass is 10.2. The second kappa shape index (κ2) is 19.7. The fourth-order valence-corrected chi connectivity index (χ4v) is 0.926. The van der Waals surface area contributed by atoms with Gasteiger partial charge in [-0.3, -0.25) is 0 Å². The minimum Gasteiger partial charge on any atom is -0.387 e. The monoisotopic (exact) mass is 279 g/mol. The van der Waals surface area contributed by atoms with Crippen LogP contribution in [0.25, 0.3) is 0 Å². The Bertz CT molecular complexity index is 333. The van der Waals surface area contributed by atoms with Crippen molar-refractivity contribution in [3.8, 4) is 0 Å². The molecule has 0 saturated carbocycles. The molecule has 0 aliphatic heterocycles. The lowest BCUT2D eigenvalue weighted by molar-refractivity contribution is 0.839. The van der Waals surface area contributed by atoms with E-state index < -0.39 is 0 Å². The summed E-state index contributed by atoms with van der Waals surface area (Å²) in [6.45, 7) is 19.1. The van der Waals surface area contributed by atoms with E-state index in [4.69, 9.17) is 0 Å². The number of anilines is 1. The summed E-state index contributed by atoms with van der Waals surface area (Å²) in [7, 11) is 1.88. The van der Waals surface area contributed by atoms with Crippen molar-refractivity contribution < 1.29 is 0 Å². The van der Waals surface area contributed by atoms with E-state index in [2.05, 4.69) is 35.6 Å². The van der Waals surface area contributed by atoms with Crippen molar-refractivity contribution in [2.45, 2.75) is 54.4 Å². The van der Waals surface area contributed by atoms with Crippen LogP contribution in [-0.4, -0.2) is 17.2 Å². The molecule has 1 aromatic heterocycles. The number of nitrogens with one attached hydrogen (secondary N) is 1. The molecule has 0 aromatic carbocycles. The van der Waals surface area contributed by atoms with E-state index in [0.717, 1.165) is 29.8 Å². The standard InChI is InChI=1S/C8H13N3.C5H8.2C2H6/c1-3-4-7-5-8(9-2)6-10-11-7;1-4-5(2)3;2*1-2/h5-6H,3-4H2,1-2H3,(H,9,11);4H,1-2H2,3H3;2*1-2H3. The molecule has 0 atom stereocenters. The Balaban J connectivity index is -0.000000272. The highest BCUT2D eigenvalue weighted by Gasteiger charge is 1.94. The molecule has 1 aromatic rings. The Labute approximate surface area is 126 Å². The Kier molecular flexibility index (Phi) is 23.1. The van der Waals surface area contributed by atoms with Crippen LogP contribution in [0.4, 0.5) is 5.69 Å². The van der Waals surface area contributed by atoms with Crippen LogP contribution in [0, 0.1) is 0 Å². The molecule has 0 radical (unpaired) electrons. The first kappa shape index (κ1) is 23.5. The summed E-state index contributed by atoms with van der Waals surface area (Å²) in [5.74, 6) is 0. The minimum absolute atomic E-state index is 1.00. The van der Waals surface area contributed by atoms with Gasteiger partial charge in [0.2, 0.25) is 0 Å². The summed E-state index contributed by atoms with van der Waals surface area (Å²) < 4.78 is 0. The number of rotatable bonds is 4. The van der Waals surface area contributed by atoms with Crippen LogP contribution in [0.3, 0.4) is 0 Å². The maximum atomic E-state index is 3.99. The molecular weight excluding hydrogens is 246 g/mol. The molecule has 0 spiro atoms. The molecule has 0 aliphatic carbocycles. The predicted molar refractivity (Wildman–Crippen MR) is 93.3 cm³/mol. The van der Waals surface area contributed by atoms with E-state index >= 15 is 0 Å². The van der Waals surface area contributed by atoms with E-state index in [-0.39, 0.29) is 0 Å². The summed E-state index contributed by atoms with van der Waals surface area (Å²) in [6, 6.07) is 2.02. The van der Waals surface area contributed by atoms with Crippen molar-refractivity contribution in [3.05, 3.63) is 42.8 Å². The molecule has 20 heavy (non-hydrogen) atoms. The smallest absolute Gasteiger partial charge is 0.0727 e. The van der Waals surface area contributed by atoms with E-state index in [0.29, 0.717) is 0 Å². The van der Waals surface area contributed by atoms with Gasteiger partial charge in [-0.1, -0.05) is 65.8 Å². The van der Waals surface area contributed by atoms with Gasteiger partial charge in [-0.25, -0.2) is 0 Å². The number of aryl methyl sites for hydroxylation is 1. The summed E-state index contributed by atoms with van der Waals surface area (Å²) in [6.07, 6.45) is 5.56. The third-order valence-corrected chi connectivity index (χ3v) is 1.85. The van der Waals surface area contributed by atoms with Gasteiger partial charge in [-0.2, -0.15) is 10.2 Å². The van der Waals surface area contributed by atoms with Crippen molar-refractivity contribution in [1.82, 2.24) is 10.2 Å². The zero-order valence-corrected chi connectivity index (χ0v) is 14.5. The van der Waals surface area contributed by atoms with Gasteiger partial charge < -0.3 is 5.32 Å². The predicted octanol–water partition coefficient (Wildman–Crippen LogP) is 5.27. The SMILES string of the molecule is C=CC(=C)C.CC.CC.CCCc1cc(NC)cnn1.